The van der Waals surface area contributed by atoms with Crippen LogP contribution in [0.4, 0.5) is 17.3 Å². The minimum Gasteiger partial charge on any atom is -0.463 e. The summed E-state index contributed by atoms with van der Waals surface area (Å²) in [7, 11) is 0. The van der Waals surface area contributed by atoms with Crippen molar-refractivity contribution in [3.8, 4) is 6.01 Å². The predicted molar refractivity (Wildman–Crippen MR) is 107 cm³/mol. The third kappa shape index (κ3) is 4.50. The molecular weight excluding hydrogens is 328 g/mol. The van der Waals surface area contributed by atoms with Crippen molar-refractivity contribution in [2.24, 2.45) is 0 Å². The average Bonchev–Trinajstić information content (AvgIpc) is 3.06. The molecule has 0 radical (unpaired) electrons. The van der Waals surface area contributed by atoms with Gasteiger partial charge < -0.3 is 25.6 Å². The zero-order valence-electron chi connectivity index (χ0n) is 16.3. The number of hydrogen-bond acceptors (Lipinski definition) is 7. The number of ether oxygens (including phenoxy) is 1. The van der Waals surface area contributed by atoms with Gasteiger partial charge in [-0.3, -0.25) is 0 Å². The second-order valence-electron chi connectivity index (χ2n) is 7.31. The maximum absolute atomic E-state index is 6.09. The van der Waals surface area contributed by atoms with E-state index in [1.807, 2.05) is 0 Å². The normalized spacial score (nSPS) is 20.1. The topological polar surface area (TPSA) is 79.5 Å². The molecule has 146 valence electrons. The monoisotopic (exact) mass is 362 g/mol. The number of rotatable bonds is 9. The lowest BCUT2D eigenvalue weighted by molar-refractivity contribution is 0.146. The molecule has 7 heteroatoms. The number of aromatic nitrogens is 2. The first-order chi connectivity index (χ1) is 12.7. The van der Waals surface area contributed by atoms with Crippen LogP contribution in [0, 0.1) is 0 Å². The lowest BCUT2D eigenvalue weighted by atomic mass is 9.98. The number of likely N-dealkylation sites (tertiary alicyclic amines) is 1. The lowest BCUT2D eigenvalue weighted by Crippen LogP contribution is -2.39. The van der Waals surface area contributed by atoms with Gasteiger partial charge >= 0.3 is 6.01 Å². The molecule has 3 rings (SSSR count). The molecule has 26 heavy (non-hydrogen) atoms. The van der Waals surface area contributed by atoms with Gasteiger partial charge in [0.05, 0.1) is 13.3 Å². The van der Waals surface area contributed by atoms with E-state index in [1.54, 1.807) is 0 Å². The average molecular weight is 363 g/mol. The Balaban J connectivity index is 1.56. The van der Waals surface area contributed by atoms with Crippen molar-refractivity contribution in [3.63, 3.8) is 0 Å². The van der Waals surface area contributed by atoms with E-state index in [4.69, 9.17) is 10.5 Å². The highest BCUT2D eigenvalue weighted by Crippen LogP contribution is 2.35. The molecule has 0 aromatic carbocycles. The highest BCUT2D eigenvalue weighted by Gasteiger charge is 2.26. The second kappa shape index (κ2) is 9.26. The number of nitrogens with one attached hydrogen (secondary N) is 1. The molecule has 1 aromatic rings. The predicted octanol–water partition coefficient (Wildman–Crippen LogP) is 3.08. The van der Waals surface area contributed by atoms with Crippen LogP contribution in [-0.2, 0) is 0 Å². The van der Waals surface area contributed by atoms with Crippen LogP contribution in [0.5, 0.6) is 6.01 Å². The van der Waals surface area contributed by atoms with E-state index in [9.17, 15) is 0 Å². The third-order valence-corrected chi connectivity index (χ3v) is 5.49. The van der Waals surface area contributed by atoms with Gasteiger partial charge in [-0.25, -0.2) is 0 Å². The Hall–Kier alpha value is -1.76. The van der Waals surface area contributed by atoms with Crippen molar-refractivity contribution in [3.05, 3.63) is 0 Å². The number of hydrogen-bond donors (Lipinski definition) is 2. The molecule has 1 fully saturated rings. The Morgan fingerprint density at radius 2 is 2.12 bits per heavy atom. The van der Waals surface area contributed by atoms with E-state index in [0.29, 0.717) is 18.4 Å². The molecule has 0 saturated carbocycles. The van der Waals surface area contributed by atoms with Crippen molar-refractivity contribution >= 4 is 17.3 Å². The molecule has 3 heterocycles. The van der Waals surface area contributed by atoms with Crippen LogP contribution in [-0.4, -0.2) is 53.8 Å². The summed E-state index contributed by atoms with van der Waals surface area (Å²) in [5.41, 5.74) is 6.94. The summed E-state index contributed by atoms with van der Waals surface area (Å²) in [6, 6.07) is 1.14. The highest BCUT2D eigenvalue weighted by atomic mass is 16.5. The van der Waals surface area contributed by atoms with Crippen molar-refractivity contribution in [2.45, 2.75) is 64.8 Å². The molecule has 0 aliphatic carbocycles. The van der Waals surface area contributed by atoms with Gasteiger partial charge in [0.1, 0.15) is 5.69 Å². The van der Waals surface area contributed by atoms with Crippen molar-refractivity contribution < 1.29 is 4.74 Å². The molecule has 1 saturated heterocycles. The highest BCUT2D eigenvalue weighted by molar-refractivity contribution is 5.80. The van der Waals surface area contributed by atoms with E-state index in [-0.39, 0.29) is 0 Å². The van der Waals surface area contributed by atoms with Gasteiger partial charge in [-0.15, -0.1) is 0 Å². The first-order valence-corrected chi connectivity index (χ1v) is 10.3. The molecule has 0 amide bonds. The number of nitrogens with two attached hydrogens (primary N) is 1. The molecule has 7 nitrogen and oxygen atoms in total. The molecule has 0 bridgehead atoms. The SMILES string of the molecule is CCCCOc1nc(N)c2c(n1)N(CCCC1CCCCN1CC)CN2. The van der Waals surface area contributed by atoms with Gasteiger partial charge in [-0.05, 0) is 45.2 Å². The summed E-state index contributed by atoms with van der Waals surface area (Å²) in [4.78, 5) is 13.8. The van der Waals surface area contributed by atoms with E-state index >= 15 is 0 Å². The van der Waals surface area contributed by atoms with Crippen molar-refractivity contribution in [2.75, 3.05) is 48.9 Å². The van der Waals surface area contributed by atoms with Gasteiger partial charge in [0, 0.05) is 12.6 Å². The van der Waals surface area contributed by atoms with Crippen molar-refractivity contribution in [1.29, 1.82) is 0 Å². The third-order valence-electron chi connectivity index (χ3n) is 5.49. The summed E-state index contributed by atoms with van der Waals surface area (Å²) in [5, 5.41) is 3.33. The number of anilines is 3. The molecule has 0 spiro atoms. The number of nitrogen functional groups attached to an aromatic ring is 1. The maximum Gasteiger partial charge on any atom is 0.320 e. The smallest absolute Gasteiger partial charge is 0.320 e. The largest absolute Gasteiger partial charge is 0.463 e. The van der Waals surface area contributed by atoms with Gasteiger partial charge in [0.15, 0.2) is 11.6 Å². The fraction of sp³-hybridized carbons (Fsp3) is 0.789. The minimum atomic E-state index is 0.396. The van der Waals surface area contributed by atoms with Crippen LogP contribution in [0.25, 0.3) is 0 Å². The van der Waals surface area contributed by atoms with Crippen molar-refractivity contribution in [1.82, 2.24) is 14.9 Å². The van der Waals surface area contributed by atoms with Gasteiger partial charge in [0.25, 0.3) is 0 Å². The van der Waals surface area contributed by atoms with Gasteiger partial charge in [-0.1, -0.05) is 26.7 Å². The lowest BCUT2D eigenvalue weighted by Gasteiger charge is -2.35. The zero-order chi connectivity index (χ0) is 18.4. The Labute approximate surface area is 157 Å². The standard InChI is InChI=1S/C19H34N6O/c1-3-5-13-26-19-22-17(20)16-18(23-19)25(14-21-16)12-8-10-15-9-6-7-11-24(15)4-2/h15,21H,3-14H2,1-2H3,(H2,20,22,23). The van der Waals surface area contributed by atoms with E-state index in [1.165, 1.54) is 38.8 Å². The molecular formula is C19H34N6O. The maximum atomic E-state index is 6.09. The summed E-state index contributed by atoms with van der Waals surface area (Å²) in [6.07, 6.45) is 8.56. The summed E-state index contributed by atoms with van der Waals surface area (Å²) >= 11 is 0. The Morgan fingerprint density at radius 1 is 1.23 bits per heavy atom. The van der Waals surface area contributed by atoms with E-state index < -0.39 is 0 Å². The van der Waals surface area contributed by atoms with Crippen LogP contribution < -0.4 is 20.7 Å². The minimum absolute atomic E-state index is 0.396. The number of nitrogens with zero attached hydrogens (tertiary/aromatic N) is 4. The number of fused-ring (bicyclic) bond motifs is 1. The van der Waals surface area contributed by atoms with Crippen LogP contribution in [0.2, 0.25) is 0 Å². The molecule has 1 aromatic heterocycles. The number of piperidine rings is 1. The summed E-state index contributed by atoms with van der Waals surface area (Å²) < 4.78 is 5.67. The van der Waals surface area contributed by atoms with Gasteiger partial charge in [0.2, 0.25) is 0 Å². The van der Waals surface area contributed by atoms with Crippen LogP contribution in [0.15, 0.2) is 0 Å². The fourth-order valence-electron chi connectivity index (χ4n) is 3.97. The van der Waals surface area contributed by atoms with E-state index in [2.05, 4.69) is 38.9 Å². The fourth-order valence-corrected chi connectivity index (χ4v) is 3.97. The second-order valence-corrected chi connectivity index (χ2v) is 7.31. The first-order valence-electron chi connectivity index (χ1n) is 10.3. The molecule has 2 aliphatic rings. The Bertz CT molecular complexity index is 581. The molecule has 1 unspecified atom stereocenters. The van der Waals surface area contributed by atoms with Crippen LogP contribution in [0.3, 0.4) is 0 Å². The van der Waals surface area contributed by atoms with Crippen LogP contribution in [0.1, 0.15) is 58.8 Å². The molecule has 2 aliphatic heterocycles. The quantitative estimate of drug-likeness (QED) is 0.654. The van der Waals surface area contributed by atoms with Gasteiger partial charge in [-0.2, -0.15) is 9.97 Å². The summed E-state index contributed by atoms with van der Waals surface area (Å²) in [6.45, 7) is 9.21. The Kier molecular flexibility index (Phi) is 6.77. The Morgan fingerprint density at radius 3 is 2.92 bits per heavy atom. The van der Waals surface area contributed by atoms with Crippen LogP contribution >= 0.6 is 0 Å². The number of unbranched alkanes of at least 4 members (excludes halogenated alkanes) is 1. The molecule has 3 N–H and O–H groups in total. The molecule has 1 atom stereocenters. The summed E-state index contributed by atoms with van der Waals surface area (Å²) in [5.74, 6) is 1.37. The first kappa shape index (κ1) is 19.0. The van der Waals surface area contributed by atoms with E-state index in [0.717, 1.165) is 50.0 Å². The zero-order valence-corrected chi connectivity index (χ0v) is 16.3.